The Hall–Kier alpha value is -5.74. The molecule has 0 bridgehead atoms. The van der Waals surface area contributed by atoms with E-state index < -0.39 is 0 Å². The predicted molar refractivity (Wildman–Crippen MR) is 173 cm³/mol. The Morgan fingerprint density at radius 2 is 1.12 bits per heavy atom. The van der Waals surface area contributed by atoms with E-state index in [0.717, 1.165) is 50.4 Å². The van der Waals surface area contributed by atoms with Gasteiger partial charge in [0.25, 0.3) is 0 Å². The second-order valence-corrected chi connectivity index (χ2v) is 10.7. The SMILES string of the molecule is c1ccc(-c2nc(N3c4ccccc4-c4ccccc4-n4c3cc3cc5ccccc5cc34)nc3ccccc23)cc1. The highest BCUT2D eigenvalue weighted by Gasteiger charge is 2.30. The van der Waals surface area contributed by atoms with Crippen LogP contribution >= 0.6 is 0 Å². The van der Waals surface area contributed by atoms with E-state index in [0.29, 0.717) is 5.95 Å². The van der Waals surface area contributed by atoms with Crippen LogP contribution in [0.3, 0.4) is 0 Å². The van der Waals surface area contributed by atoms with Crippen LogP contribution in [0, 0.1) is 0 Å². The van der Waals surface area contributed by atoms with Gasteiger partial charge in [-0.2, -0.15) is 0 Å². The van der Waals surface area contributed by atoms with Crippen LogP contribution in [-0.2, 0) is 0 Å². The van der Waals surface area contributed by atoms with Gasteiger partial charge in [0, 0.05) is 27.5 Å². The van der Waals surface area contributed by atoms with Crippen molar-refractivity contribution in [1.29, 1.82) is 0 Å². The second-order valence-electron chi connectivity index (χ2n) is 10.7. The van der Waals surface area contributed by atoms with Crippen molar-refractivity contribution < 1.29 is 0 Å². The fourth-order valence-electron chi connectivity index (χ4n) is 6.41. The monoisotopic (exact) mass is 536 g/mol. The van der Waals surface area contributed by atoms with E-state index in [1.54, 1.807) is 0 Å². The largest absolute Gasteiger partial charge is 0.295 e. The number of para-hydroxylation sites is 3. The van der Waals surface area contributed by atoms with Gasteiger partial charge >= 0.3 is 0 Å². The summed E-state index contributed by atoms with van der Waals surface area (Å²) in [5.74, 6) is 1.65. The van der Waals surface area contributed by atoms with Crippen LogP contribution < -0.4 is 4.90 Å². The Labute approximate surface area is 242 Å². The number of fused-ring (bicyclic) bond motifs is 9. The van der Waals surface area contributed by atoms with Crippen LogP contribution in [0.1, 0.15) is 0 Å². The molecular formula is C38H24N4. The molecule has 2 aromatic heterocycles. The molecule has 0 radical (unpaired) electrons. The second kappa shape index (κ2) is 8.88. The van der Waals surface area contributed by atoms with Gasteiger partial charge in [0.1, 0.15) is 5.82 Å². The van der Waals surface area contributed by atoms with Gasteiger partial charge in [-0.3, -0.25) is 9.47 Å². The maximum atomic E-state index is 5.32. The molecule has 196 valence electrons. The van der Waals surface area contributed by atoms with Gasteiger partial charge in [0.2, 0.25) is 5.95 Å². The molecule has 0 amide bonds. The van der Waals surface area contributed by atoms with Crippen LogP contribution in [0.2, 0.25) is 0 Å². The fraction of sp³-hybridized carbons (Fsp3) is 0. The predicted octanol–water partition coefficient (Wildman–Crippen LogP) is 9.84. The minimum atomic E-state index is 0.640. The number of anilines is 3. The van der Waals surface area contributed by atoms with Crippen molar-refractivity contribution >= 4 is 50.0 Å². The van der Waals surface area contributed by atoms with E-state index in [1.165, 1.54) is 21.7 Å². The molecule has 0 N–H and O–H groups in total. The fourth-order valence-corrected chi connectivity index (χ4v) is 6.41. The van der Waals surface area contributed by atoms with E-state index in [-0.39, 0.29) is 0 Å². The third-order valence-electron chi connectivity index (χ3n) is 8.30. The number of hydrogen-bond donors (Lipinski definition) is 0. The summed E-state index contributed by atoms with van der Waals surface area (Å²) >= 11 is 0. The van der Waals surface area contributed by atoms with Crippen molar-refractivity contribution in [3.05, 3.63) is 146 Å². The number of hydrogen-bond acceptors (Lipinski definition) is 3. The molecule has 42 heavy (non-hydrogen) atoms. The average Bonchev–Trinajstić information content (AvgIpc) is 3.35. The summed E-state index contributed by atoms with van der Waals surface area (Å²) < 4.78 is 2.37. The molecule has 0 unspecified atom stereocenters. The molecule has 0 saturated carbocycles. The summed E-state index contributed by atoms with van der Waals surface area (Å²) in [4.78, 5) is 12.8. The molecule has 9 rings (SSSR count). The summed E-state index contributed by atoms with van der Waals surface area (Å²) in [6, 6.07) is 51.4. The third-order valence-corrected chi connectivity index (χ3v) is 8.30. The Morgan fingerprint density at radius 1 is 0.476 bits per heavy atom. The molecule has 1 aliphatic heterocycles. The summed E-state index contributed by atoms with van der Waals surface area (Å²) in [5, 5.41) is 4.64. The molecule has 0 spiro atoms. The van der Waals surface area contributed by atoms with Gasteiger partial charge in [0.05, 0.1) is 28.1 Å². The molecule has 0 atom stereocenters. The quantitative estimate of drug-likeness (QED) is 0.220. The van der Waals surface area contributed by atoms with Gasteiger partial charge in [-0.25, -0.2) is 9.97 Å². The highest BCUT2D eigenvalue weighted by Crippen LogP contribution is 2.48. The summed E-state index contributed by atoms with van der Waals surface area (Å²) in [6.45, 7) is 0. The highest BCUT2D eigenvalue weighted by atomic mass is 15.3. The lowest BCUT2D eigenvalue weighted by molar-refractivity contribution is 1.04. The molecular weight excluding hydrogens is 512 g/mol. The van der Waals surface area contributed by atoms with Crippen LogP contribution in [0.5, 0.6) is 0 Å². The minimum absolute atomic E-state index is 0.640. The van der Waals surface area contributed by atoms with E-state index in [9.17, 15) is 0 Å². The molecule has 4 nitrogen and oxygen atoms in total. The first kappa shape index (κ1) is 23.0. The van der Waals surface area contributed by atoms with Gasteiger partial charge in [0.15, 0.2) is 0 Å². The maximum Gasteiger partial charge on any atom is 0.236 e. The molecule has 6 aromatic carbocycles. The summed E-state index contributed by atoms with van der Waals surface area (Å²) in [6.07, 6.45) is 0. The molecule has 0 fully saturated rings. The standard InChI is InChI=1S/C38H24N4/c1-2-12-25(13-3-1)37-31-18-6-9-19-32(31)39-38(40-37)42-34-21-11-8-17-30(34)29-16-7-10-20-33(29)41-35-23-27-15-5-4-14-26(27)22-28(35)24-36(41)42/h1-24H. The first-order valence-electron chi connectivity index (χ1n) is 14.2. The Balaban J connectivity index is 1.42. The normalized spacial score (nSPS) is 12.2. The Morgan fingerprint density at radius 3 is 1.95 bits per heavy atom. The van der Waals surface area contributed by atoms with Crippen LogP contribution in [0.25, 0.3) is 60.6 Å². The van der Waals surface area contributed by atoms with Crippen molar-refractivity contribution in [2.24, 2.45) is 0 Å². The number of aromatic nitrogens is 3. The summed E-state index contributed by atoms with van der Waals surface area (Å²) in [7, 11) is 0. The molecule has 1 aliphatic rings. The van der Waals surface area contributed by atoms with Crippen LogP contribution in [0.15, 0.2) is 146 Å². The average molecular weight is 537 g/mol. The Kier molecular flexibility index (Phi) is 4.87. The summed E-state index contributed by atoms with van der Waals surface area (Å²) in [5.41, 5.74) is 8.55. The first-order valence-corrected chi connectivity index (χ1v) is 14.2. The number of rotatable bonds is 2. The zero-order chi connectivity index (χ0) is 27.6. The molecule has 3 heterocycles. The van der Waals surface area contributed by atoms with Gasteiger partial charge in [-0.05, 0) is 47.2 Å². The van der Waals surface area contributed by atoms with Gasteiger partial charge < -0.3 is 0 Å². The zero-order valence-electron chi connectivity index (χ0n) is 22.6. The van der Waals surface area contributed by atoms with Crippen molar-refractivity contribution in [2.45, 2.75) is 0 Å². The lowest BCUT2D eigenvalue weighted by Crippen LogP contribution is -2.16. The zero-order valence-corrected chi connectivity index (χ0v) is 22.6. The lowest BCUT2D eigenvalue weighted by Gasteiger charge is -2.24. The number of nitrogens with zero attached hydrogens (tertiary/aromatic N) is 4. The van der Waals surface area contributed by atoms with E-state index >= 15 is 0 Å². The first-order chi connectivity index (χ1) is 20.8. The molecule has 4 heteroatoms. The van der Waals surface area contributed by atoms with Crippen molar-refractivity contribution in [3.8, 4) is 28.1 Å². The minimum Gasteiger partial charge on any atom is -0.295 e. The topological polar surface area (TPSA) is 34.0 Å². The van der Waals surface area contributed by atoms with E-state index in [1.807, 2.05) is 12.1 Å². The molecule has 8 aromatic rings. The van der Waals surface area contributed by atoms with Crippen molar-refractivity contribution in [2.75, 3.05) is 4.90 Å². The maximum absolute atomic E-state index is 5.32. The van der Waals surface area contributed by atoms with Crippen LogP contribution in [0.4, 0.5) is 17.5 Å². The third kappa shape index (κ3) is 3.36. The number of benzene rings is 6. The molecule has 0 aliphatic carbocycles. The highest BCUT2D eigenvalue weighted by molar-refractivity contribution is 6.04. The molecule has 0 saturated heterocycles. The van der Waals surface area contributed by atoms with Crippen molar-refractivity contribution in [1.82, 2.24) is 14.5 Å². The van der Waals surface area contributed by atoms with Gasteiger partial charge in [-0.15, -0.1) is 0 Å². The smallest absolute Gasteiger partial charge is 0.236 e. The van der Waals surface area contributed by atoms with Gasteiger partial charge in [-0.1, -0.05) is 109 Å². The Bertz CT molecular complexity index is 2320. The van der Waals surface area contributed by atoms with Crippen molar-refractivity contribution in [3.63, 3.8) is 0 Å². The van der Waals surface area contributed by atoms with E-state index in [2.05, 4.69) is 143 Å². The van der Waals surface area contributed by atoms with Crippen LogP contribution in [-0.4, -0.2) is 14.5 Å². The van der Waals surface area contributed by atoms with E-state index in [4.69, 9.17) is 9.97 Å². The lowest BCUT2D eigenvalue weighted by atomic mass is 10.0.